The van der Waals surface area contributed by atoms with Crippen LogP contribution >= 0.6 is 0 Å². The molecule has 0 bridgehead atoms. The van der Waals surface area contributed by atoms with Crippen LogP contribution in [0.3, 0.4) is 0 Å². The number of hydrogen-bond donors (Lipinski definition) is 1. The van der Waals surface area contributed by atoms with E-state index in [4.69, 9.17) is 9.73 Å². The van der Waals surface area contributed by atoms with Gasteiger partial charge in [0.05, 0.1) is 11.4 Å². The van der Waals surface area contributed by atoms with Gasteiger partial charge in [0, 0.05) is 35.0 Å². The fraction of sp³-hybridized carbons (Fsp3) is 0.194. The lowest BCUT2D eigenvalue weighted by molar-refractivity contribution is 0.150. The predicted molar refractivity (Wildman–Crippen MR) is 164 cm³/mol. The first-order chi connectivity index (χ1) is 18.9. The van der Waals surface area contributed by atoms with E-state index in [2.05, 4.69) is 131 Å². The van der Waals surface area contributed by atoms with Crippen LogP contribution in [0.2, 0.25) is 0 Å². The predicted octanol–water partition coefficient (Wildman–Crippen LogP) is 8.93. The zero-order valence-electron chi connectivity index (χ0n) is 23.3. The molecule has 3 nitrogen and oxygen atoms in total. The van der Waals surface area contributed by atoms with E-state index in [0.29, 0.717) is 0 Å². The van der Waals surface area contributed by atoms with Gasteiger partial charge in [-0.2, -0.15) is 0 Å². The summed E-state index contributed by atoms with van der Waals surface area (Å²) in [5, 5.41) is 3.71. The molecule has 0 radical (unpaired) electrons. The van der Waals surface area contributed by atoms with Gasteiger partial charge in [-0.3, -0.25) is 0 Å². The second-order valence-corrected chi connectivity index (χ2v) is 10.7. The Morgan fingerprint density at radius 2 is 1.41 bits per heavy atom. The van der Waals surface area contributed by atoms with Gasteiger partial charge in [0.15, 0.2) is 0 Å². The Hall–Kier alpha value is -4.37. The fourth-order valence-electron chi connectivity index (χ4n) is 5.75. The Kier molecular flexibility index (Phi) is 6.44. The van der Waals surface area contributed by atoms with Crippen molar-refractivity contribution in [2.75, 3.05) is 5.32 Å². The lowest BCUT2D eigenvalue weighted by Crippen LogP contribution is -2.28. The van der Waals surface area contributed by atoms with Crippen LogP contribution in [0, 0.1) is 34.6 Å². The highest BCUT2D eigenvalue weighted by Crippen LogP contribution is 2.45. The SMILES string of the molecule is Cc1ccccc1C1=C2C=C/C(=N/c3c(C)cccc3C)C=C2OC2CC(Nc3c(C)cccc3C)=CC=C12. The molecule has 1 N–H and O–H groups in total. The molecule has 1 unspecified atom stereocenters. The van der Waals surface area contributed by atoms with Gasteiger partial charge in [-0.25, -0.2) is 4.99 Å². The first kappa shape index (κ1) is 24.9. The topological polar surface area (TPSA) is 33.6 Å². The van der Waals surface area contributed by atoms with E-state index in [0.717, 1.165) is 34.8 Å². The summed E-state index contributed by atoms with van der Waals surface area (Å²) in [6.07, 6.45) is 11.5. The molecule has 194 valence electrons. The molecule has 0 amide bonds. The minimum absolute atomic E-state index is 0.0839. The highest BCUT2D eigenvalue weighted by molar-refractivity contribution is 6.09. The highest BCUT2D eigenvalue weighted by atomic mass is 16.5. The van der Waals surface area contributed by atoms with Crippen molar-refractivity contribution in [3.05, 3.63) is 147 Å². The molecule has 3 aliphatic rings. The molecule has 3 aromatic carbocycles. The van der Waals surface area contributed by atoms with Crippen LogP contribution in [-0.4, -0.2) is 11.8 Å². The zero-order chi connectivity index (χ0) is 27.1. The van der Waals surface area contributed by atoms with E-state index in [-0.39, 0.29) is 6.10 Å². The minimum atomic E-state index is -0.0839. The summed E-state index contributed by atoms with van der Waals surface area (Å²) in [7, 11) is 0. The van der Waals surface area contributed by atoms with Crippen LogP contribution in [0.15, 0.2) is 119 Å². The first-order valence-electron chi connectivity index (χ1n) is 13.7. The monoisotopic (exact) mass is 510 g/mol. The van der Waals surface area contributed by atoms with E-state index in [9.17, 15) is 0 Å². The smallest absolute Gasteiger partial charge is 0.130 e. The summed E-state index contributed by atoms with van der Waals surface area (Å²) < 4.78 is 6.76. The average Bonchev–Trinajstić information content (AvgIpc) is 2.92. The van der Waals surface area contributed by atoms with Crippen LogP contribution in [0.5, 0.6) is 0 Å². The molecule has 1 heterocycles. The number of para-hydroxylation sites is 2. The second-order valence-electron chi connectivity index (χ2n) is 10.7. The number of nitrogens with one attached hydrogen (secondary N) is 1. The number of benzene rings is 3. The minimum Gasteiger partial charge on any atom is -0.485 e. The highest BCUT2D eigenvalue weighted by Gasteiger charge is 2.34. The molecule has 2 aliphatic carbocycles. The molecule has 0 saturated carbocycles. The molecule has 0 aromatic heterocycles. The summed E-state index contributed by atoms with van der Waals surface area (Å²) in [4.78, 5) is 5.03. The van der Waals surface area contributed by atoms with Crippen LogP contribution in [0.1, 0.15) is 39.8 Å². The fourth-order valence-corrected chi connectivity index (χ4v) is 5.75. The number of fused-ring (bicyclic) bond motifs is 2. The largest absolute Gasteiger partial charge is 0.485 e. The van der Waals surface area contributed by atoms with E-state index in [1.54, 1.807) is 0 Å². The van der Waals surface area contributed by atoms with Crippen LogP contribution < -0.4 is 5.32 Å². The van der Waals surface area contributed by atoms with Crippen LogP contribution in [0.4, 0.5) is 11.4 Å². The zero-order valence-corrected chi connectivity index (χ0v) is 23.3. The normalized spacial score (nSPS) is 19.1. The second kappa shape index (κ2) is 10.1. The summed E-state index contributed by atoms with van der Waals surface area (Å²) in [6, 6.07) is 21.3. The molecule has 0 spiro atoms. The standard InChI is InChI=1S/C36H34N2O/c1-22-10-6-7-15-29(22)34-30-18-16-27(37-35-23(2)11-8-12-24(35)3)20-32(30)39-33-21-28(17-19-31(33)34)38-36-25(4)13-9-14-26(36)5/h6-20,33,38H,21H2,1-5H3/b37-27-. The number of allylic oxidation sites excluding steroid dienone is 5. The van der Waals surface area contributed by atoms with E-state index in [1.807, 2.05) is 0 Å². The third-order valence-electron chi connectivity index (χ3n) is 7.87. The van der Waals surface area contributed by atoms with Gasteiger partial charge >= 0.3 is 0 Å². The molecule has 1 atom stereocenters. The van der Waals surface area contributed by atoms with Crippen molar-refractivity contribution in [3.8, 4) is 0 Å². The third kappa shape index (κ3) is 4.70. The Balaban J connectivity index is 1.44. The maximum absolute atomic E-state index is 6.76. The molecule has 6 rings (SSSR count). The van der Waals surface area contributed by atoms with Crippen molar-refractivity contribution < 1.29 is 4.74 Å². The maximum Gasteiger partial charge on any atom is 0.130 e. The van der Waals surface area contributed by atoms with Gasteiger partial charge in [0.2, 0.25) is 0 Å². The van der Waals surface area contributed by atoms with E-state index in [1.165, 1.54) is 50.2 Å². The maximum atomic E-state index is 6.76. The first-order valence-corrected chi connectivity index (χ1v) is 13.7. The number of rotatable bonds is 4. The molecule has 0 saturated heterocycles. The van der Waals surface area contributed by atoms with Crippen molar-refractivity contribution in [2.24, 2.45) is 4.99 Å². The molecule has 1 aliphatic heterocycles. The van der Waals surface area contributed by atoms with E-state index >= 15 is 0 Å². The summed E-state index contributed by atoms with van der Waals surface area (Å²) >= 11 is 0. The van der Waals surface area contributed by atoms with Crippen LogP contribution in [0.25, 0.3) is 5.57 Å². The summed E-state index contributed by atoms with van der Waals surface area (Å²) in [6.45, 7) is 10.7. The van der Waals surface area contributed by atoms with Gasteiger partial charge < -0.3 is 10.1 Å². The van der Waals surface area contributed by atoms with Crippen molar-refractivity contribution in [3.63, 3.8) is 0 Å². The Bertz CT molecular complexity index is 1640. The quantitative estimate of drug-likeness (QED) is 0.380. The van der Waals surface area contributed by atoms with Crippen molar-refractivity contribution in [2.45, 2.75) is 47.1 Å². The number of ether oxygens (including phenoxy) is 1. The Labute approximate surface area is 231 Å². The molecule has 3 heteroatoms. The van der Waals surface area contributed by atoms with Gasteiger partial charge in [-0.05, 0) is 91.8 Å². The number of hydrogen-bond acceptors (Lipinski definition) is 3. The van der Waals surface area contributed by atoms with Crippen molar-refractivity contribution in [1.82, 2.24) is 0 Å². The average molecular weight is 511 g/mol. The molecule has 0 fully saturated rings. The van der Waals surface area contributed by atoms with Gasteiger partial charge in [-0.15, -0.1) is 0 Å². The van der Waals surface area contributed by atoms with Crippen molar-refractivity contribution >= 4 is 22.7 Å². The number of nitrogens with zero attached hydrogens (tertiary/aromatic N) is 1. The van der Waals surface area contributed by atoms with Crippen LogP contribution in [-0.2, 0) is 4.74 Å². The molecular weight excluding hydrogens is 476 g/mol. The van der Waals surface area contributed by atoms with Crippen molar-refractivity contribution in [1.29, 1.82) is 0 Å². The molecular formula is C36H34N2O. The van der Waals surface area contributed by atoms with Gasteiger partial charge in [-0.1, -0.05) is 66.7 Å². The lowest BCUT2D eigenvalue weighted by atomic mass is 9.80. The lowest BCUT2D eigenvalue weighted by Gasteiger charge is -2.36. The van der Waals surface area contributed by atoms with Gasteiger partial charge in [0.25, 0.3) is 0 Å². The Morgan fingerprint density at radius 3 is 2.13 bits per heavy atom. The van der Waals surface area contributed by atoms with Gasteiger partial charge in [0.1, 0.15) is 11.9 Å². The summed E-state index contributed by atoms with van der Waals surface area (Å²) in [5.41, 5.74) is 15.2. The summed E-state index contributed by atoms with van der Waals surface area (Å²) in [5.74, 6) is 0.885. The third-order valence-corrected chi connectivity index (χ3v) is 7.87. The number of aliphatic imine (C=N–C) groups is 1. The Morgan fingerprint density at radius 1 is 0.744 bits per heavy atom. The number of anilines is 1. The number of aryl methyl sites for hydroxylation is 5. The molecule has 39 heavy (non-hydrogen) atoms. The van der Waals surface area contributed by atoms with E-state index < -0.39 is 0 Å². The molecule has 3 aromatic rings.